The van der Waals surface area contributed by atoms with E-state index < -0.39 is 23.9 Å². The van der Waals surface area contributed by atoms with Gasteiger partial charge in [0.05, 0.1) is 0 Å². The lowest BCUT2D eigenvalue weighted by molar-refractivity contribution is -0.140. The highest BCUT2D eigenvalue weighted by Crippen LogP contribution is 2.02. The quantitative estimate of drug-likeness (QED) is 0.691. The molecule has 6 nitrogen and oxygen atoms in total. The number of carbonyl (C=O) groups excluding carboxylic acids is 1. The highest BCUT2D eigenvalue weighted by Gasteiger charge is 2.21. The van der Waals surface area contributed by atoms with Gasteiger partial charge in [-0.1, -0.05) is 18.2 Å². The van der Waals surface area contributed by atoms with Crippen LogP contribution in [0.5, 0.6) is 0 Å². The molecule has 1 amide bonds. The van der Waals surface area contributed by atoms with Crippen LogP contribution in [0.2, 0.25) is 0 Å². The summed E-state index contributed by atoms with van der Waals surface area (Å²) in [6.45, 7) is 0. The molecule has 0 heterocycles. The fraction of sp³-hybridized carbons (Fsp3) is 0.250. The number of aliphatic carboxylic acids is 2. The topological polar surface area (TPSA) is 104 Å². The Kier molecular flexibility index (Phi) is 4.86. The van der Waals surface area contributed by atoms with E-state index in [2.05, 4.69) is 5.32 Å². The second-order valence-electron chi connectivity index (χ2n) is 3.66. The van der Waals surface area contributed by atoms with Gasteiger partial charge in [-0.05, 0) is 18.6 Å². The van der Waals surface area contributed by atoms with Crippen molar-refractivity contribution in [3.05, 3.63) is 35.9 Å². The zero-order valence-corrected chi connectivity index (χ0v) is 9.50. The molecule has 96 valence electrons. The third kappa shape index (κ3) is 4.25. The maximum atomic E-state index is 11.7. The van der Waals surface area contributed by atoms with Crippen LogP contribution >= 0.6 is 0 Å². The standard InChI is InChI=1S/C12H13NO5/c14-10(15)7-6-9(12(17)18)13-11(16)8-4-2-1-3-5-8/h1-5,9H,6-7H2,(H,13,16)(H,14,15)(H,17,18)/t9-/m1/s1. The molecule has 0 saturated carbocycles. The van der Waals surface area contributed by atoms with Crippen LogP contribution in [0.4, 0.5) is 0 Å². The number of hydrogen-bond acceptors (Lipinski definition) is 3. The molecule has 1 atom stereocenters. The van der Waals surface area contributed by atoms with Crippen molar-refractivity contribution < 1.29 is 24.6 Å². The van der Waals surface area contributed by atoms with Crippen LogP contribution in [0.3, 0.4) is 0 Å². The molecule has 0 aliphatic heterocycles. The van der Waals surface area contributed by atoms with Crippen molar-refractivity contribution in [2.24, 2.45) is 0 Å². The number of amides is 1. The zero-order valence-electron chi connectivity index (χ0n) is 9.50. The third-order valence-corrected chi connectivity index (χ3v) is 2.29. The SMILES string of the molecule is O=C(O)CC[C@@H](NC(=O)c1ccccc1)C(=O)O. The summed E-state index contributed by atoms with van der Waals surface area (Å²) >= 11 is 0. The van der Waals surface area contributed by atoms with Crippen LogP contribution < -0.4 is 5.32 Å². The lowest BCUT2D eigenvalue weighted by Crippen LogP contribution is -2.41. The van der Waals surface area contributed by atoms with Gasteiger partial charge in [0.25, 0.3) is 5.91 Å². The largest absolute Gasteiger partial charge is 0.481 e. The number of benzene rings is 1. The zero-order chi connectivity index (χ0) is 13.5. The second-order valence-corrected chi connectivity index (χ2v) is 3.66. The maximum absolute atomic E-state index is 11.7. The predicted molar refractivity (Wildman–Crippen MR) is 62.2 cm³/mol. The van der Waals surface area contributed by atoms with Gasteiger partial charge in [0.2, 0.25) is 0 Å². The summed E-state index contributed by atoms with van der Waals surface area (Å²) in [5.74, 6) is -2.89. The van der Waals surface area contributed by atoms with Crippen molar-refractivity contribution in [1.29, 1.82) is 0 Å². The first-order valence-electron chi connectivity index (χ1n) is 5.31. The molecule has 18 heavy (non-hydrogen) atoms. The molecule has 0 spiro atoms. The summed E-state index contributed by atoms with van der Waals surface area (Å²) in [6, 6.07) is 6.94. The number of nitrogens with one attached hydrogen (secondary N) is 1. The van der Waals surface area contributed by atoms with Gasteiger partial charge in [0, 0.05) is 12.0 Å². The van der Waals surface area contributed by atoms with Gasteiger partial charge in [-0.25, -0.2) is 4.79 Å². The monoisotopic (exact) mass is 251 g/mol. The first-order chi connectivity index (χ1) is 8.50. The van der Waals surface area contributed by atoms with Crippen LogP contribution in [0, 0.1) is 0 Å². The molecular formula is C12H13NO5. The van der Waals surface area contributed by atoms with Gasteiger partial charge in [-0.15, -0.1) is 0 Å². The minimum atomic E-state index is -1.25. The second kappa shape index (κ2) is 6.39. The van der Waals surface area contributed by atoms with Crippen LogP contribution in [-0.4, -0.2) is 34.1 Å². The number of rotatable bonds is 6. The van der Waals surface area contributed by atoms with E-state index in [1.54, 1.807) is 30.3 Å². The van der Waals surface area contributed by atoms with E-state index in [4.69, 9.17) is 10.2 Å². The summed E-state index contributed by atoms with van der Waals surface area (Å²) in [4.78, 5) is 32.9. The van der Waals surface area contributed by atoms with Crippen molar-refractivity contribution in [3.8, 4) is 0 Å². The van der Waals surface area contributed by atoms with Crippen molar-refractivity contribution in [1.82, 2.24) is 5.32 Å². The number of carbonyl (C=O) groups is 3. The third-order valence-electron chi connectivity index (χ3n) is 2.29. The average Bonchev–Trinajstić information content (AvgIpc) is 2.34. The summed E-state index contributed by atoms with van der Waals surface area (Å²) < 4.78 is 0. The Balaban J connectivity index is 2.64. The Morgan fingerprint density at radius 1 is 1.11 bits per heavy atom. The smallest absolute Gasteiger partial charge is 0.326 e. The number of hydrogen-bond donors (Lipinski definition) is 3. The van der Waals surface area contributed by atoms with Crippen molar-refractivity contribution in [2.75, 3.05) is 0 Å². The maximum Gasteiger partial charge on any atom is 0.326 e. The average molecular weight is 251 g/mol. The molecule has 1 rings (SSSR count). The van der Waals surface area contributed by atoms with Crippen LogP contribution in [0.1, 0.15) is 23.2 Å². The van der Waals surface area contributed by atoms with Gasteiger partial charge < -0.3 is 15.5 Å². The Hall–Kier alpha value is -2.37. The van der Waals surface area contributed by atoms with Gasteiger partial charge in [-0.3, -0.25) is 9.59 Å². The molecule has 0 unspecified atom stereocenters. The molecule has 0 aromatic heterocycles. The Morgan fingerprint density at radius 3 is 2.22 bits per heavy atom. The first-order valence-corrected chi connectivity index (χ1v) is 5.31. The van der Waals surface area contributed by atoms with E-state index >= 15 is 0 Å². The van der Waals surface area contributed by atoms with Crippen LogP contribution in [-0.2, 0) is 9.59 Å². The fourth-order valence-corrected chi connectivity index (χ4v) is 1.36. The highest BCUT2D eigenvalue weighted by molar-refractivity contribution is 5.96. The Labute approximate surface area is 103 Å². The fourth-order valence-electron chi connectivity index (χ4n) is 1.36. The van der Waals surface area contributed by atoms with E-state index in [0.717, 1.165) is 0 Å². The molecule has 0 radical (unpaired) electrons. The normalized spacial score (nSPS) is 11.6. The molecule has 6 heteroatoms. The molecule has 0 bridgehead atoms. The van der Waals surface area contributed by atoms with Crippen LogP contribution in [0.15, 0.2) is 30.3 Å². The number of carboxylic acid groups (broad SMARTS) is 2. The molecule has 0 fully saturated rings. The summed E-state index contributed by atoms with van der Waals surface area (Å²) in [7, 11) is 0. The van der Waals surface area contributed by atoms with Gasteiger partial charge in [0.15, 0.2) is 0 Å². The molecule has 0 aliphatic rings. The summed E-state index contributed by atoms with van der Waals surface area (Å²) in [5, 5.41) is 19.7. The summed E-state index contributed by atoms with van der Waals surface area (Å²) in [6.07, 6.45) is -0.463. The molecule has 0 saturated heterocycles. The van der Waals surface area contributed by atoms with E-state index in [0.29, 0.717) is 5.56 Å². The highest BCUT2D eigenvalue weighted by atomic mass is 16.4. The minimum Gasteiger partial charge on any atom is -0.481 e. The lowest BCUT2D eigenvalue weighted by Gasteiger charge is -2.13. The van der Waals surface area contributed by atoms with Crippen LogP contribution in [0.25, 0.3) is 0 Å². The van der Waals surface area contributed by atoms with E-state index in [9.17, 15) is 14.4 Å². The minimum absolute atomic E-state index is 0.150. The molecule has 1 aromatic rings. The first kappa shape index (κ1) is 13.7. The molecular weight excluding hydrogens is 238 g/mol. The predicted octanol–water partition coefficient (Wildman–Crippen LogP) is 0.734. The molecule has 0 aliphatic carbocycles. The van der Waals surface area contributed by atoms with Gasteiger partial charge in [-0.2, -0.15) is 0 Å². The van der Waals surface area contributed by atoms with Crippen molar-refractivity contribution in [3.63, 3.8) is 0 Å². The van der Waals surface area contributed by atoms with E-state index in [1.807, 2.05) is 0 Å². The van der Waals surface area contributed by atoms with E-state index in [-0.39, 0.29) is 12.8 Å². The van der Waals surface area contributed by atoms with Gasteiger partial charge in [0.1, 0.15) is 6.04 Å². The summed E-state index contributed by atoms with van der Waals surface area (Å²) in [5.41, 5.74) is 0.332. The van der Waals surface area contributed by atoms with Crippen molar-refractivity contribution >= 4 is 17.8 Å². The Bertz CT molecular complexity index is 443. The number of carboxylic acids is 2. The van der Waals surface area contributed by atoms with E-state index in [1.165, 1.54) is 0 Å². The Morgan fingerprint density at radius 2 is 1.72 bits per heavy atom. The van der Waals surface area contributed by atoms with Crippen molar-refractivity contribution in [2.45, 2.75) is 18.9 Å². The lowest BCUT2D eigenvalue weighted by atomic mass is 10.1. The molecule has 1 aromatic carbocycles. The molecule has 3 N–H and O–H groups in total. The van der Waals surface area contributed by atoms with Gasteiger partial charge >= 0.3 is 11.9 Å².